The number of nitrogens with one attached hydrogen (secondary N) is 3. The van der Waals surface area contributed by atoms with Crippen molar-refractivity contribution in [2.75, 3.05) is 38.7 Å². The highest BCUT2D eigenvalue weighted by Crippen LogP contribution is 2.40. The molecular formula is C32H32BrFN4O5. The molecule has 1 saturated heterocycles. The van der Waals surface area contributed by atoms with E-state index in [0.717, 1.165) is 42.0 Å². The number of methoxy groups -OCH3 is 1. The summed E-state index contributed by atoms with van der Waals surface area (Å²) in [6.07, 6.45) is 4.21. The third-order valence-electron chi connectivity index (χ3n) is 7.18. The van der Waals surface area contributed by atoms with Crippen LogP contribution in [0.25, 0.3) is 10.9 Å². The van der Waals surface area contributed by atoms with Crippen LogP contribution in [0.1, 0.15) is 18.4 Å². The molecule has 0 saturated carbocycles. The molecule has 3 N–H and O–H groups in total. The Hall–Kier alpha value is -4.22. The van der Waals surface area contributed by atoms with Crippen LogP contribution in [0.4, 0.5) is 10.1 Å². The minimum Gasteiger partial charge on any atom is -0.491 e. The van der Waals surface area contributed by atoms with E-state index in [1.807, 2.05) is 24.3 Å². The summed E-state index contributed by atoms with van der Waals surface area (Å²) in [6, 6.07) is 16.8. The zero-order valence-electron chi connectivity index (χ0n) is 23.6. The molecule has 0 unspecified atom stereocenters. The van der Waals surface area contributed by atoms with Crippen LogP contribution in [0, 0.1) is 11.7 Å². The molecule has 4 aromatic rings. The Bertz CT molecular complexity index is 1610. The van der Waals surface area contributed by atoms with Crippen LogP contribution in [0.3, 0.4) is 0 Å². The number of carbonyl (C=O) groups is 2. The second-order valence-electron chi connectivity index (χ2n) is 10.1. The summed E-state index contributed by atoms with van der Waals surface area (Å²) < 4.78 is 33.6. The number of pyridine rings is 1. The minimum atomic E-state index is -0.898. The van der Waals surface area contributed by atoms with Crippen molar-refractivity contribution in [3.8, 4) is 23.0 Å². The SMILES string of the molecule is COc1c(OCC2CCNCC2)ccc2c(Oc3ccc(NC(=O)C(=O)NCCc4ccccc4Br)cc3F)ccnc12. The predicted molar refractivity (Wildman–Crippen MR) is 165 cm³/mol. The summed E-state index contributed by atoms with van der Waals surface area (Å²) >= 11 is 3.46. The lowest BCUT2D eigenvalue weighted by Crippen LogP contribution is -2.36. The summed E-state index contributed by atoms with van der Waals surface area (Å²) in [5.41, 5.74) is 1.65. The number of anilines is 1. The molecule has 1 aromatic heterocycles. The summed E-state index contributed by atoms with van der Waals surface area (Å²) in [5.74, 6) is -0.592. The Morgan fingerprint density at radius 1 is 1.02 bits per heavy atom. The third-order valence-corrected chi connectivity index (χ3v) is 7.95. The van der Waals surface area contributed by atoms with Gasteiger partial charge in [-0.1, -0.05) is 34.1 Å². The van der Waals surface area contributed by atoms with Crippen molar-refractivity contribution in [1.82, 2.24) is 15.6 Å². The average Bonchev–Trinajstić information content (AvgIpc) is 3.02. The van der Waals surface area contributed by atoms with Crippen molar-refractivity contribution >= 4 is 44.3 Å². The Morgan fingerprint density at radius 3 is 2.58 bits per heavy atom. The lowest BCUT2D eigenvalue weighted by molar-refractivity contribution is -0.136. The number of nitrogens with zero attached hydrogens (tertiary/aromatic N) is 1. The van der Waals surface area contributed by atoms with E-state index >= 15 is 4.39 Å². The fraction of sp³-hybridized carbons (Fsp3) is 0.281. The maximum Gasteiger partial charge on any atom is 0.313 e. The molecule has 3 aromatic carbocycles. The Balaban J connectivity index is 1.22. The molecule has 0 aliphatic carbocycles. The number of hydrogen-bond acceptors (Lipinski definition) is 7. The summed E-state index contributed by atoms with van der Waals surface area (Å²) in [4.78, 5) is 29.1. The zero-order chi connectivity index (χ0) is 30.2. The Labute approximate surface area is 257 Å². The fourth-order valence-corrected chi connectivity index (χ4v) is 5.35. The van der Waals surface area contributed by atoms with Crippen LogP contribution >= 0.6 is 15.9 Å². The average molecular weight is 652 g/mol. The van der Waals surface area contributed by atoms with Gasteiger partial charge in [-0.05, 0) is 80.2 Å². The van der Waals surface area contributed by atoms with Crippen LogP contribution in [0.5, 0.6) is 23.0 Å². The monoisotopic (exact) mass is 650 g/mol. The van der Waals surface area contributed by atoms with Gasteiger partial charge in [0.25, 0.3) is 0 Å². The number of benzene rings is 3. The lowest BCUT2D eigenvalue weighted by atomic mass is 9.99. The number of aromatic nitrogens is 1. The highest BCUT2D eigenvalue weighted by Gasteiger charge is 2.19. The maximum atomic E-state index is 15.1. The van der Waals surface area contributed by atoms with Gasteiger partial charge >= 0.3 is 11.8 Å². The molecule has 2 amide bonds. The van der Waals surface area contributed by atoms with Crippen molar-refractivity contribution in [3.63, 3.8) is 0 Å². The van der Waals surface area contributed by atoms with Gasteiger partial charge in [0.15, 0.2) is 23.1 Å². The van der Waals surface area contributed by atoms with Crippen LogP contribution in [0.15, 0.2) is 71.3 Å². The van der Waals surface area contributed by atoms with Crippen molar-refractivity contribution in [2.24, 2.45) is 5.92 Å². The van der Waals surface area contributed by atoms with E-state index in [1.165, 1.54) is 12.1 Å². The highest BCUT2D eigenvalue weighted by molar-refractivity contribution is 9.10. The second-order valence-corrected chi connectivity index (χ2v) is 11.0. The predicted octanol–water partition coefficient (Wildman–Crippen LogP) is 5.61. The van der Waals surface area contributed by atoms with Gasteiger partial charge in [0, 0.05) is 34.4 Å². The number of hydrogen-bond donors (Lipinski definition) is 3. The lowest BCUT2D eigenvalue weighted by Gasteiger charge is -2.23. The van der Waals surface area contributed by atoms with Crippen LogP contribution < -0.4 is 30.2 Å². The van der Waals surface area contributed by atoms with Crippen LogP contribution in [-0.4, -0.2) is 50.1 Å². The quantitative estimate of drug-likeness (QED) is 0.191. The van der Waals surface area contributed by atoms with Crippen molar-refractivity contribution < 1.29 is 28.2 Å². The van der Waals surface area contributed by atoms with E-state index in [9.17, 15) is 9.59 Å². The zero-order valence-corrected chi connectivity index (χ0v) is 25.2. The summed E-state index contributed by atoms with van der Waals surface area (Å²) in [7, 11) is 1.55. The molecule has 9 nitrogen and oxygen atoms in total. The van der Waals surface area contributed by atoms with E-state index in [4.69, 9.17) is 14.2 Å². The smallest absolute Gasteiger partial charge is 0.313 e. The second kappa shape index (κ2) is 14.3. The largest absolute Gasteiger partial charge is 0.491 e. The van der Waals surface area contributed by atoms with Crippen molar-refractivity contribution in [2.45, 2.75) is 19.3 Å². The molecule has 224 valence electrons. The topological polar surface area (TPSA) is 111 Å². The van der Waals surface area contributed by atoms with E-state index < -0.39 is 17.6 Å². The molecule has 1 aliphatic heterocycles. The third kappa shape index (κ3) is 7.60. The standard InChI is InChI=1S/C32H32BrFN4O5/c1-41-30-28(42-19-20-10-14-35-15-11-20)9-7-23-26(13-17-36-29(23)30)43-27-8-6-22(18-25(27)34)38-32(40)31(39)37-16-12-21-4-2-3-5-24(21)33/h2-9,13,17-18,20,35H,10-12,14-16,19H2,1H3,(H,37,39)(H,38,40). The first-order valence-electron chi connectivity index (χ1n) is 14.0. The number of carbonyl (C=O) groups excluding carboxylic acids is 2. The molecule has 0 radical (unpaired) electrons. The maximum absolute atomic E-state index is 15.1. The molecule has 5 rings (SSSR count). The minimum absolute atomic E-state index is 0.0615. The van der Waals surface area contributed by atoms with Gasteiger partial charge in [0.05, 0.1) is 13.7 Å². The van der Waals surface area contributed by atoms with E-state index in [1.54, 1.807) is 31.5 Å². The molecule has 2 heterocycles. The van der Waals surface area contributed by atoms with Gasteiger partial charge in [0.2, 0.25) is 0 Å². The highest BCUT2D eigenvalue weighted by atomic mass is 79.9. The van der Waals surface area contributed by atoms with Gasteiger partial charge in [-0.3, -0.25) is 14.6 Å². The molecule has 1 fully saturated rings. The molecular weight excluding hydrogens is 619 g/mol. The number of piperidine rings is 1. The molecule has 43 heavy (non-hydrogen) atoms. The normalized spacial score (nSPS) is 13.4. The van der Waals surface area contributed by atoms with Crippen molar-refractivity contribution in [3.05, 3.63) is 82.7 Å². The van der Waals surface area contributed by atoms with Gasteiger partial charge in [0.1, 0.15) is 11.3 Å². The first-order valence-corrected chi connectivity index (χ1v) is 14.8. The number of fused-ring (bicyclic) bond motifs is 1. The van der Waals surface area contributed by atoms with E-state index in [2.05, 4.69) is 36.9 Å². The Kier molecular flexibility index (Phi) is 10.1. The Morgan fingerprint density at radius 2 is 1.81 bits per heavy atom. The van der Waals surface area contributed by atoms with E-state index in [0.29, 0.717) is 47.1 Å². The van der Waals surface area contributed by atoms with Gasteiger partial charge < -0.3 is 30.2 Å². The first kappa shape index (κ1) is 30.2. The molecule has 0 spiro atoms. The van der Waals surface area contributed by atoms with Gasteiger partial charge in [-0.25, -0.2) is 4.39 Å². The van der Waals surface area contributed by atoms with Crippen LogP contribution in [0.2, 0.25) is 0 Å². The van der Waals surface area contributed by atoms with E-state index in [-0.39, 0.29) is 18.0 Å². The van der Waals surface area contributed by atoms with Crippen LogP contribution in [-0.2, 0) is 16.0 Å². The molecule has 0 atom stereocenters. The molecule has 0 bridgehead atoms. The molecule has 1 aliphatic rings. The number of halogens is 2. The van der Waals surface area contributed by atoms with Crippen molar-refractivity contribution in [1.29, 1.82) is 0 Å². The summed E-state index contributed by atoms with van der Waals surface area (Å²) in [5, 5.41) is 8.96. The number of amides is 2. The van der Waals surface area contributed by atoms with Gasteiger partial charge in [-0.15, -0.1) is 0 Å². The first-order chi connectivity index (χ1) is 20.9. The summed E-state index contributed by atoms with van der Waals surface area (Å²) in [6.45, 7) is 2.82. The fourth-order valence-electron chi connectivity index (χ4n) is 4.86. The number of rotatable bonds is 10. The number of ether oxygens (including phenoxy) is 3. The van der Waals surface area contributed by atoms with Gasteiger partial charge in [-0.2, -0.15) is 0 Å². The molecule has 11 heteroatoms.